The fraction of sp³-hybridized carbons (Fsp3) is 0.205. The third-order valence-electron chi connectivity index (χ3n) is 27.9. The van der Waals surface area contributed by atoms with Gasteiger partial charge in [-0.3, -0.25) is 0 Å². The van der Waals surface area contributed by atoms with E-state index in [1.54, 1.807) is 0 Å². The van der Waals surface area contributed by atoms with Crippen LogP contribution < -0.4 is 45.7 Å². The Hall–Kier alpha value is -15.5. The number of pyridine rings is 10. The van der Waals surface area contributed by atoms with Crippen LogP contribution in [0.3, 0.4) is 0 Å². The molecule has 0 N–H and O–H groups in total. The molecular weight excluding hydrogens is 1680 g/mol. The maximum absolute atomic E-state index is 7.63. The minimum absolute atomic E-state index is 0.0552. The molecule has 0 saturated carbocycles. The van der Waals surface area contributed by atoms with Gasteiger partial charge < -0.3 is 0 Å². The molecule has 10 heterocycles. The van der Waals surface area contributed by atoms with E-state index in [1.807, 2.05) is 24.3 Å². The molecule has 0 aliphatic carbocycles. The van der Waals surface area contributed by atoms with Crippen LogP contribution >= 0.6 is 0 Å². The monoisotopic (exact) mass is 1810 g/mol. The van der Waals surface area contributed by atoms with Gasteiger partial charge in [0.25, 0.3) is 0 Å². The van der Waals surface area contributed by atoms with Gasteiger partial charge in [-0.1, -0.05) is 142 Å². The number of benzene rings is 10. The Bertz CT molecular complexity index is 8220. The lowest BCUT2D eigenvalue weighted by Gasteiger charge is -2.21. The summed E-state index contributed by atoms with van der Waals surface area (Å²) in [5.74, 6) is 0. The lowest BCUT2D eigenvalue weighted by atomic mass is 9.85. The molecule has 0 unspecified atom stereocenters. The smallest absolute Gasteiger partial charge is 0.223 e. The number of hydrogen-bond donors (Lipinski definition) is 0. The Balaban J connectivity index is 0.000000125. The second-order valence-corrected chi connectivity index (χ2v) is 38.4. The summed E-state index contributed by atoms with van der Waals surface area (Å²) in [4.78, 5) is 3.76. The van der Waals surface area contributed by atoms with E-state index in [0.29, 0.717) is 5.69 Å². The number of rotatable bonds is 10. The van der Waals surface area contributed by atoms with Crippen LogP contribution in [0, 0.1) is 159 Å². The van der Waals surface area contributed by atoms with Gasteiger partial charge in [0.1, 0.15) is 0 Å². The van der Waals surface area contributed by atoms with Gasteiger partial charge in [-0.25, -0.2) is 4.85 Å². The molecule has 0 fully saturated rings. The lowest BCUT2D eigenvalue weighted by molar-refractivity contribution is -0.615. The zero-order chi connectivity index (χ0) is 98.0. The summed E-state index contributed by atoms with van der Waals surface area (Å²) in [6.07, 6.45) is 12.9. The number of fused-ring (bicyclic) bond motifs is 5. The van der Waals surface area contributed by atoms with Crippen LogP contribution in [0.15, 0.2) is 340 Å². The van der Waals surface area contributed by atoms with E-state index in [9.17, 15) is 0 Å². The molecule has 684 valence electrons. The van der Waals surface area contributed by atoms with Gasteiger partial charge in [0.05, 0.1) is 34.4 Å². The van der Waals surface area contributed by atoms with E-state index in [-0.39, 0.29) is 5.41 Å². The van der Waals surface area contributed by atoms with Crippen molar-refractivity contribution in [2.45, 2.75) is 179 Å². The van der Waals surface area contributed by atoms with Crippen molar-refractivity contribution < 1.29 is 45.7 Å². The van der Waals surface area contributed by atoms with Crippen LogP contribution in [0.1, 0.15) is 151 Å². The quantitative estimate of drug-likeness (QED) is 0.0968. The maximum atomic E-state index is 7.63. The highest BCUT2D eigenvalue weighted by atomic mass is 15.1. The van der Waals surface area contributed by atoms with Crippen molar-refractivity contribution in [3.63, 3.8) is 0 Å². The Morgan fingerprint density at radius 3 is 0.877 bits per heavy atom. The van der Waals surface area contributed by atoms with Crippen molar-refractivity contribution in [3.8, 4) is 56.9 Å². The predicted octanol–water partition coefficient (Wildman–Crippen LogP) is 25.6. The summed E-state index contributed by atoms with van der Waals surface area (Å²) in [5, 5.41) is 12.8. The predicted molar refractivity (Wildman–Crippen MR) is 564 cm³/mol. The first-order valence-corrected chi connectivity index (χ1v) is 48.2. The number of aromatic nitrogens is 10. The molecule has 11 heteroatoms. The van der Waals surface area contributed by atoms with Crippen molar-refractivity contribution >= 4 is 59.5 Å². The molecule has 10 aromatic carbocycles. The van der Waals surface area contributed by atoms with Crippen molar-refractivity contribution in [1.29, 1.82) is 0 Å². The molecule has 0 atom stereocenters. The average Bonchev–Trinajstić information content (AvgIpc) is 0.757. The summed E-state index contributed by atoms with van der Waals surface area (Å²) in [6, 6.07) is 108. The van der Waals surface area contributed by atoms with Crippen LogP contribution in [0.4, 0.5) is 5.69 Å². The van der Waals surface area contributed by atoms with E-state index in [4.69, 9.17) is 6.57 Å². The fourth-order valence-corrected chi connectivity index (χ4v) is 20.7. The third kappa shape index (κ3) is 18.9. The first-order chi connectivity index (χ1) is 66.2. The molecule has 0 saturated heterocycles. The summed E-state index contributed by atoms with van der Waals surface area (Å²) in [6.45, 7) is 62.6. The molecule has 0 radical (unpaired) electrons. The fourth-order valence-electron chi connectivity index (χ4n) is 20.7. The van der Waals surface area contributed by atoms with Crippen LogP contribution in [0.5, 0.6) is 0 Å². The molecule has 10 aromatic heterocycles. The summed E-state index contributed by atoms with van der Waals surface area (Å²) < 4.78 is 23.1. The van der Waals surface area contributed by atoms with Gasteiger partial charge in [0, 0.05) is 275 Å². The average molecular weight is 1810 g/mol. The summed E-state index contributed by atoms with van der Waals surface area (Å²) in [5.41, 5.74) is 41.5. The number of hydrogen-bond acceptors (Lipinski definition) is 0. The van der Waals surface area contributed by atoms with Crippen molar-refractivity contribution in [1.82, 2.24) is 0 Å². The molecule has 0 bridgehead atoms. The van der Waals surface area contributed by atoms with Gasteiger partial charge >= 0.3 is 0 Å². The molecule has 0 spiro atoms. The summed E-state index contributed by atoms with van der Waals surface area (Å²) >= 11 is 0. The third-order valence-corrected chi connectivity index (χ3v) is 27.9. The van der Waals surface area contributed by atoms with Gasteiger partial charge in [-0.05, 0) is 141 Å². The Morgan fingerprint density at radius 2 is 0.493 bits per heavy atom. The van der Waals surface area contributed by atoms with Gasteiger partial charge in [-0.15, -0.1) is 0 Å². The molecular formula is C127H131N11+10. The van der Waals surface area contributed by atoms with E-state index in [1.165, 1.54) is 212 Å². The molecule has 11 nitrogen and oxygen atoms in total. The van der Waals surface area contributed by atoms with Crippen LogP contribution in [0.2, 0.25) is 0 Å². The number of nitrogens with zero attached hydrogens (tertiary/aromatic N) is 11. The number of aryl methyl sites for hydroxylation is 17. The van der Waals surface area contributed by atoms with Crippen molar-refractivity contribution in [2.24, 2.45) is 0 Å². The van der Waals surface area contributed by atoms with Crippen LogP contribution in [0.25, 0.3) is 116 Å². The largest absolute Gasteiger partial charge is 0.238 e. The minimum Gasteiger partial charge on any atom is -0.238 e. The van der Waals surface area contributed by atoms with E-state index >= 15 is 0 Å². The topological polar surface area (TPSA) is 43.2 Å². The van der Waals surface area contributed by atoms with E-state index < -0.39 is 0 Å². The lowest BCUT2D eigenvalue weighted by Crippen LogP contribution is -2.41. The Morgan fingerprint density at radius 1 is 0.210 bits per heavy atom. The summed E-state index contributed by atoms with van der Waals surface area (Å²) in [7, 11) is 0. The van der Waals surface area contributed by atoms with E-state index in [0.717, 1.165) is 28.3 Å². The van der Waals surface area contributed by atoms with Gasteiger partial charge in [-0.2, -0.15) is 45.7 Å². The van der Waals surface area contributed by atoms with Gasteiger partial charge in [0.2, 0.25) is 56.9 Å². The molecule has 20 rings (SSSR count). The highest BCUT2D eigenvalue weighted by Crippen LogP contribution is 2.34. The standard InChI is InChI=1S/C28H32N2.C25H23N3.2C25H26N2.C24H24N2/c1-19-12-10-11-15-29(19)26-17-24(28(5,6)7)18-27(21(26)3)30-20(2)16-23-13-8-9-14-25(23)22(30)4;1-17-10-8-9-13-27(17)24-15-22(26-5)16-25(19(24)3)28-18(2)14-21-11-6-7-12-23(21)20(28)4;1-17-16-18(2)25(20(4)24(17)26-14-9-8-10-19(26)3)27-15-13-22-11-6-7-12-23(22)21(27)5;1-17-14-24(26-13-9-8-10-18(26)2)20(4)25(15-17)27-19(3)16-22-11-6-7-12-23(22)21(27)5;1-17-10-7-8-15-25(17)23-13-9-14-24(19(23)3)26-18(2)16-21-11-5-6-12-22(21)20(26)4/h8-18H,1-7H3;6-16H,1-4H3;2*6-16H,1-5H3;5-16H,1-4H3/q5*+2. The first-order valence-electron chi connectivity index (χ1n) is 48.2. The molecule has 0 aliphatic heterocycles. The highest BCUT2D eigenvalue weighted by molar-refractivity contribution is 5.87. The van der Waals surface area contributed by atoms with Crippen molar-refractivity contribution in [3.05, 3.63) is 482 Å². The van der Waals surface area contributed by atoms with E-state index in [2.05, 4.69) is 540 Å². The molecule has 138 heavy (non-hydrogen) atoms. The normalized spacial score (nSPS) is 11.2. The second kappa shape index (κ2) is 40.2. The Labute approximate surface area is 816 Å². The molecule has 0 amide bonds. The van der Waals surface area contributed by atoms with Crippen molar-refractivity contribution in [2.75, 3.05) is 0 Å². The van der Waals surface area contributed by atoms with Gasteiger partial charge in [0.15, 0.2) is 123 Å². The van der Waals surface area contributed by atoms with Crippen LogP contribution in [-0.2, 0) is 5.41 Å². The SMILES string of the molecule is Cc1c(-[n+]2ccccc2C)cc(C(C)(C)C)cc1-[n+]1c(C)cc2ccccc2c1C.Cc1c(-[n+]2ccccc2C)cccc1-[n+]1c(C)cc2ccccc2c1C.Cc1cc(-[n+]2ccccc2C)c(C)c(-[n+]2c(C)cc3ccccc3c2C)c1.Cc1cc(C)c(-[n+]2ccc3ccccc3c2C)c(C)c1-[n+]1ccccc1C.[C-]#[N+]c1cc(-[n+]2ccccc2C)c(C)c(-[n+]2c(C)cc3ccccc3c2C)c1. The highest BCUT2D eigenvalue weighted by Gasteiger charge is 2.35. The first kappa shape index (κ1) is 95.6. The molecule has 0 aliphatic rings. The second-order valence-electron chi connectivity index (χ2n) is 38.4. The zero-order valence-corrected chi connectivity index (χ0v) is 85.3. The minimum atomic E-state index is 0.0552. The van der Waals surface area contributed by atoms with Crippen LogP contribution in [-0.4, -0.2) is 0 Å². The Kier molecular flexibility index (Phi) is 27.9. The zero-order valence-electron chi connectivity index (χ0n) is 85.3. The maximum Gasteiger partial charge on any atom is 0.223 e. The molecule has 20 aromatic rings.